The number of amides is 1. The summed E-state index contributed by atoms with van der Waals surface area (Å²) in [5, 5.41) is 1.09. The molecule has 0 radical (unpaired) electrons. The van der Waals surface area contributed by atoms with Crippen LogP contribution >= 0.6 is 15.9 Å². The molecule has 6 heteroatoms. The van der Waals surface area contributed by atoms with Crippen LogP contribution in [0.5, 0.6) is 0 Å². The Morgan fingerprint density at radius 2 is 2.00 bits per heavy atom. The zero-order chi connectivity index (χ0) is 23.2. The second-order valence-electron chi connectivity index (χ2n) is 9.27. The van der Waals surface area contributed by atoms with Gasteiger partial charge in [-0.3, -0.25) is 14.2 Å². The predicted molar refractivity (Wildman–Crippen MR) is 133 cm³/mol. The fraction of sp³-hybridized carbons (Fsp3) is 0.407. The van der Waals surface area contributed by atoms with Crippen LogP contribution in [-0.2, 0) is 11.2 Å². The van der Waals surface area contributed by atoms with Crippen molar-refractivity contribution in [3.8, 4) is 0 Å². The largest absolute Gasteiger partial charge is 0.375 e. The number of methoxy groups -OCH3 is 1. The molecule has 0 aliphatic carbocycles. The monoisotopic (exact) mass is 508 g/mol. The molecule has 172 valence electrons. The van der Waals surface area contributed by atoms with Gasteiger partial charge in [0.15, 0.2) is 0 Å². The Kier molecular flexibility index (Phi) is 5.91. The van der Waals surface area contributed by atoms with Crippen LogP contribution in [0.15, 0.2) is 53.0 Å². The molecule has 3 heterocycles. The quantitative estimate of drug-likeness (QED) is 0.435. The molecule has 5 rings (SSSR count). The zero-order valence-electron chi connectivity index (χ0n) is 19.1. The summed E-state index contributed by atoms with van der Waals surface area (Å²) < 4.78 is 8.96. The third-order valence-corrected chi connectivity index (χ3v) is 8.10. The smallest absolute Gasteiger partial charge is 0.253 e. The lowest BCUT2D eigenvalue weighted by Crippen LogP contribution is -2.43. The molecular formula is C27H29BrN2O3. The maximum absolute atomic E-state index is 13.5. The number of ether oxygens (including phenoxy) is 1. The lowest BCUT2D eigenvalue weighted by molar-refractivity contribution is -0.0422. The molecule has 1 aromatic heterocycles. The molecule has 2 aromatic carbocycles. The van der Waals surface area contributed by atoms with Gasteiger partial charge in [-0.05, 0) is 55.5 Å². The molecule has 0 saturated heterocycles. The van der Waals surface area contributed by atoms with E-state index in [-0.39, 0.29) is 23.3 Å². The van der Waals surface area contributed by atoms with Gasteiger partial charge in [-0.25, -0.2) is 0 Å². The third kappa shape index (κ3) is 3.64. The minimum Gasteiger partial charge on any atom is -0.375 e. The Morgan fingerprint density at radius 1 is 1.18 bits per heavy atom. The van der Waals surface area contributed by atoms with E-state index >= 15 is 0 Å². The molecule has 3 aromatic rings. The van der Waals surface area contributed by atoms with E-state index in [1.54, 1.807) is 7.11 Å². The van der Waals surface area contributed by atoms with E-state index in [2.05, 4.69) is 28.9 Å². The number of carbonyl (C=O) groups is 2. The van der Waals surface area contributed by atoms with E-state index in [0.29, 0.717) is 31.5 Å². The Bertz CT molecular complexity index is 1230. The standard InChI is InChI=1S/C27H29BrN2O3/c1-3-27-13-7-14-29(26(32)18-8-6-9-19(28)16-18)15-12-21-20-10-4-5-11-22(20)30(23(31)17-27)24(21)25(27)33-2/h4-6,8-11,16,25H,3,7,12-15,17H2,1-2H3/t25-,27-/m0/s1. The summed E-state index contributed by atoms with van der Waals surface area (Å²) in [6.45, 7) is 3.44. The molecule has 1 amide bonds. The molecule has 0 N–H and O–H groups in total. The first kappa shape index (κ1) is 22.4. The number of carbonyl (C=O) groups excluding carboxylic acids is 2. The lowest BCUT2D eigenvalue weighted by atomic mass is 9.69. The maximum atomic E-state index is 13.5. The molecule has 2 aliphatic heterocycles. The first-order valence-corrected chi connectivity index (χ1v) is 12.5. The zero-order valence-corrected chi connectivity index (χ0v) is 20.7. The molecule has 2 aliphatic rings. The van der Waals surface area contributed by atoms with Crippen LogP contribution in [0.1, 0.15) is 65.1 Å². The van der Waals surface area contributed by atoms with Gasteiger partial charge in [-0.1, -0.05) is 47.1 Å². The predicted octanol–water partition coefficient (Wildman–Crippen LogP) is 6.01. The number of para-hydroxylation sites is 1. The molecule has 0 fully saturated rings. The fourth-order valence-electron chi connectivity index (χ4n) is 5.95. The van der Waals surface area contributed by atoms with Gasteiger partial charge in [0.1, 0.15) is 6.10 Å². The number of hydrogen-bond acceptors (Lipinski definition) is 3. The lowest BCUT2D eigenvalue weighted by Gasteiger charge is -2.44. The van der Waals surface area contributed by atoms with E-state index in [1.165, 1.54) is 0 Å². The fourth-order valence-corrected chi connectivity index (χ4v) is 6.35. The number of halogens is 1. The van der Waals surface area contributed by atoms with Crippen LogP contribution in [0, 0.1) is 5.41 Å². The van der Waals surface area contributed by atoms with Crippen molar-refractivity contribution in [3.63, 3.8) is 0 Å². The SMILES string of the molecule is CC[C@]12CCCN(C(=O)c3cccc(Br)c3)CCc3c(n(c4ccccc34)C(=O)C1)[C@@H]2OC. The molecule has 5 nitrogen and oxygen atoms in total. The van der Waals surface area contributed by atoms with Gasteiger partial charge >= 0.3 is 0 Å². The summed E-state index contributed by atoms with van der Waals surface area (Å²) in [7, 11) is 1.77. The average molecular weight is 509 g/mol. The van der Waals surface area contributed by atoms with Crippen molar-refractivity contribution >= 4 is 38.6 Å². The van der Waals surface area contributed by atoms with Crippen LogP contribution in [0.25, 0.3) is 10.9 Å². The van der Waals surface area contributed by atoms with E-state index in [1.807, 2.05) is 51.9 Å². The van der Waals surface area contributed by atoms with Crippen molar-refractivity contribution in [1.29, 1.82) is 0 Å². The minimum absolute atomic E-state index is 0.0562. The van der Waals surface area contributed by atoms with Crippen molar-refractivity contribution in [2.24, 2.45) is 5.41 Å². The molecule has 33 heavy (non-hydrogen) atoms. The Hall–Kier alpha value is -2.44. The topological polar surface area (TPSA) is 51.5 Å². The first-order valence-electron chi connectivity index (χ1n) is 11.7. The van der Waals surface area contributed by atoms with Gasteiger partial charge in [0, 0.05) is 47.5 Å². The van der Waals surface area contributed by atoms with E-state index in [0.717, 1.165) is 45.9 Å². The van der Waals surface area contributed by atoms with Gasteiger partial charge in [-0.2, -0.15) is 0 Å². The van der Waals surface area contributed by atoms with Gasteiger partial charge in [-0.15, -0.1) is 0 Å². The number of nitrogens with zero attached hydrogens (tertiary/aromatic N) is 2. The van der Waals surface area contributed by atoms with Crippen LogP contribution in [0.2, 0.25) is 0 Å². The summed E-state index contributed by atoms with van der Waals surface area (Å²) in [6.07, 6.45) is 3.57. The van der Waals surface area contributed by atoms with Gasteiger partial charge in [0.2, 0.25) is 5.91 Å². The Morgan fingerprint density at radius 3 is 2.76 bits per heavy atom. The van der Waals surface area contributed by atoms with Crippen molar-refractivity contribution in [1.82, 2.24) is 9.47 Å². The van der Waals surface area contributed by atoms with E-state index in [9.17, 15) is 9.59 Å². The molecule has 2 bridgehead atoms. The number of benzene rings is 2. The minimum atomic E-state index is -0.257. The molecule has 2 atom stereocenters. The highest BCUT2D eigenvalue weighted by Gasteiger charge is 2.48. The third-order valence-electron chi connectivity index (χ3n) is 7.61. The van der Waals surface area contributed by atoms with E-state index in [4.69, 9.17) is 4.74 Å². The van der Waals surface area contributed by atoms with Gasteiger partial charge in [0.05, 0.1) is 11.2 Å². The number of fused-ring (bicyclic) bond motifs is 4. The highest BCUT2D eigenvalue weighted by Crippen LogP contribution is 2.52. The Labute approximate surface area is 202 Å². The van der Waals surface area contributed by atoms with Crippen molar-refractivity contribution in [3.05, 3.63) is 69.8 Å². The highest BCUT2D eigenvalue weighted by molar-refractivity contribution is 9.10. The number of hydrogen-bond donors (Lipinski definition) is 0. The van der Waals surface area contributed by atoms with Crippen molar-refractivity contribution < 1.29 is 14.3 Å². The second kappa shape index (κ2) is 8.73. The molecule has 0 saturated carbocycles. The summed E-state index contributed by atoms with van der Waals surface area (Å²) in [5.74, 6) is 0.214. The van der Waals surface area contributed by atoms with Gasteiger partial charge < -0.3 is 9.64 Å². The number of aromatic nitrogens is 1. The second-order valence-corrected chi connectivity index (χ2v) is 10.2. The summed E-state index contributed by atoms with van der Waals surface area (Å²) in [6, 6.07) is 15.7. The average Bonchev–Trinajstić information content (AvgIpc) is 3.15. The van der Waals surface area contributed by atoms with E-state index < -0.39 is 0 Å². The highest BCUT2D eigenvalue weighted by atomic mass is 79.9. The summed E-state index contributed by atoms with van der Waals surface area (Å²) in [4.78, 5) is 28.9. The number of rotatable bonds is 3. The molecule has 0 unspecified atom stereocenters. The van der Waals surface area contributed by atoms with Crippen LogP contribution in [0.4, 0.5) is 0 Å². The Balaban J connectivity index is 1.63. The van der Waals surface area contributed by atoms with Gasteiger partial charge in [0.25, 0.3) is 5.91 Å². The van der Waals surface area contributed by atoms with Crippen LogP contribution in [-0.4, -0.2) is 41.5 Å². The van der Waals surface area contributed by atoms with Crippen LogP contribution < -0.4 is 0 Å². The molecule has 0 spiro atoms. The normalized spacial score (nSPS) is 23.1. The summed E-state index contributed by atoms with van der Waals surface area (Å²) >= 11 is 3.49. The first-order chi connectivity index (χ1) is 16.0. The van der Waals surface area contributed by atoms with Crippen molar-refractivity contribution in [2.45, 2.75) is 45.1 Å². The maximum Gasteiger partial charge on any atom is 0.253 e. The summed E-state index contributed by atoms with van der Waals surface area (Å²) in [5.41, 5.74) is 3.52. The molecular weight excluding hydrogens is 480 g/mol. The van der Waals surface area contributed by atoms with Crippen LogP contribution in [0.3, 0.4) is 0 Å². The van der Waals surface area contributed by atoms with Crippen molar-refractivity contribution in [2.75, 3.05) is 20.2 Å².